The molecule has 33 heavy (non-hydrogen) atoms. The highest BCUT2D eigenvalue weighted by Gasteiger charge is 2.62. The molecule has 2 aromatic heterocycles. The Morgan fingerprint density at radius 1 is 1.24 bits per heavy atom. The van der Waals surface area contributed by atoms with Crippen LogP contribution < -0.4 is 4.90 Å². The van der Waals surface area contributed by atoms with Gasteiger partial charge < -0.3 is 14.1 Å². The summed E-state index contributed by atoms with van der Waals surface area (Å²) in [6.07, 6.45) is 1.78. The molecule has 1 atom stereocenters. The molecule has 170 valence electrons. The van der Waals surface area contributed by atoms with Crippen molar-refractivity contribution in [3.63, 3.8) is 0 Å². The van der Waals surface area contributed by atoms with Crippen molar-refractivity contribution in [2.75, 3.05) is 11.4 Å². The minimum Gasteiger partial charge on any atom is -0.456 e. The summed E-state index contributed by atoms with van der Waals surface area (Å²) >= 11 is 1.50. The molecule has 1 aromatic carbocycles. The first-order valence-corrected chi connectivity index (χ1v) is 11.7. The molecule has 0 spiro atoms. The Morgan fingerprint density at radius 3 is 2.82 bits per heavy atom. The van der Waals surface area contributed by atoms with Crippen LogP contribution in [0.2, 0.25) is 0 Å². The van der Waals surface area contributed by atoms with Crippen molar-refractivity contribution < 1.29 is 23.5 Å². The summed E-state index contributed by atoms with van der Waals surface area (Å²) in [5.74, 6) is -0.580. The molecule has 2 amide bonds. The number of hydrogen-bond acceptors (Lipinski definition) is 7. The Balaban J connectivity index is 1.47. The molecular formula is C24H23N3O5S. The number of aromatic nitrogens is 1. The first-order valence-electron chi connectivity index (χ1n) is 10.8. The van der Waals surface area contributed by atoms with Gasteiger partial charge in [-0.3, -0.25) is 14.5 Å². The number of fused-ring (bicyclic) bond motifs is 3. The molecule has 0 bridgehead atoms. The largest absolute Gasteiger partial charge is 0.456 e. The van der Waals surface area contributed by atoms with Crippen molar-refractivity contribution in [3.8, 4) is 10.8 Å². The third-order valence-corrected chi connectivity index (χ3v) is 6.74. The molecule has 0 aliphatic carbocycles. The quantitative estimate of drug-likeness (QED) is 0.509. The highest BCUT2D eigenvalue weighted by Crippen LogP contribution is 2.45. The van der Waals surface area contributed by atoms with Crippen molar-refractivity contribution in [2.24, 2.45) is 5.92 Å². The van der Waals surface area contributed by atoms with Crippen LogP contribution in [0.3, 0.4) is 0 Å². The highest BCUT2D eigenvalue weighted by molar-refractivity contribution is 7.13. The van der Waals surface area contributed by atoms with Gasteiger partial charge in [0.1, 0.15) is 18.6 Å². The van der Waals surface area contributed by atoms with Crippen molar-refractivity contribution in [1.82, 2.24) is 9.88 Å². The molecule has 5 rings (SSSR count). The summed E-state index contributed by atoms with van der Waals surface area (Å²) in [6.45, 7) is 4.13. The lowest BCUT2D eigenvalue weighted by Crippen LogP contribution is -2.69. The van der Waals surface area contributed by atoms with Crippen LogP contribution in [0.4, 0.5) is 5.69 Å². The Morgan fingerprint density at radius 2 is 2.06 bits per heavy atom. The maximum absolute atomic E-state index is 13.6. The standard InChI is InChI=1S/C24H23N3O5S/c1-15(2)12-26-22(29)17-6-3-4-7-18(17)27-20(28)9-10-24(26,27)23(30)32-14-16-13-31-21(25-16)19-8-5-11-33-19/h3-8,11,13,15H,9-10,12,14H2,1-2H3/t24-/m0/s1. The number of carbonyl (C=O) groups is 3. The third kappa shape index (κ3) is 3.43. The number of carbonyl (C=O) groups excluding carboxylic acids is 3. The van der Waals surface area contributed by atoms with Crippen LogP contribution in [0.15, 0.2) is 52.5 Å². The molecule has 8 nitrogen and oxygen atoms in total. The van der Waals surface area contributed by atoms with Gasteiger partial charge in [-0.05, 0) is 29.5 Å². The molecule has 9 heteroatoms. The number of benzene rings is 1. The minimum atomic E-state index is -1.51. The molecule has 0 saturated carbocycles. The zero-order valence-corrected chi connectivity index (χ0v) is 19.1. The molecule has 0 radical (unpaired) electrons. The molecule has 2 aliphatic heterocycles. The van der Waals surface area contributed by atoms with Gasteiger partial charge in [0.25, 0.3) is 5.91 Å². The summed E-state index contributed by atoms with van der Waals surface area (Å²) in [5, 5.41) is 1.92. The number of thiophene rings is 1. The third-order valence-electron chi connectivity index (χ3n) is 5.88. The van der Waals surface area contributed by atoms with Crippen LogP contribution >= 0.6 is 11.3 Å². The van der Waals surface area contributed by atoms with Gasteiger partial charge in [-0.15, -0.1) is 11.3 Å². The van der Waals surface area contributed by atoms with Crippen molar-refractivity contribution in [1.29, 1.82) is 0 Å². The van der Waals surface area contributed by atoms with E-state index in [2.05, 4.69) is 4.98 Å². The van der Waals surface area contributed by atoms with Crippen LogP contribution in [0.25, 0.3) is 10.8 Å². The van der Waals surface area contributed by atoms with Gasteiger partial charge in [0, 0.05) is 19.4 Å². The number of esters is 1. The van der Waals surface area contributed by atoms with Crippen molar-refractivity contribution in [2.45, 2.75) is 39.0 Å². The summed E-state index contributed by atoms with van der Waals surface area (Å²) < 4.78 is 11.2. The van der Waals surface area contributed by atoms with Gasteiger partial charge in [0.15, 0.2) is 0 Å². The van der Waals surface area contributed by atoms with E-state index in [9.17, 15) is 14.4 Å². The maximum atomic E-state index is 13.6. The van der Waals surface area contributed by atoms with Crippen molar-refractivity contribution >= 4 is 34.8 Å². The number of amides is 2. The van der Waals surface area contributed by atoms with E-state index in [0.717, 1.165) is 4.88 Å². The molecule has 0 N–H and O–H groups in total. The number of rotatable bonds is 6. The Labute approximate surface area is 194 Å². The second kappa shape index (κ2) is 8.15. The molecule has 4 heterocycles. The first kappa shape index (κ1) is 21.4. The van der Waals surface area contributed by atoms with Crippen LogP contribution in [0.1, 0.15) is 42.7 Å². The second-order valence-electron chi connectivity index (χ2n) is 8.57. The van der Waals surface area contributed by atoms with E-state index in [1.165, 1.54) is 27.4 Å². The van der Waals surface area contributed by atoms with Crippen LogP contribution in [-0.4, -0.2) is 39.9 Å². The van der Waals surface area contributed by atoms with Gasteiger partial charge in [-0.1, -0.05) is 32.0 Å². The lowest BCUT2D eigenvalue weighted by atomic mass is 9.95. The average Bonchev–Trinajstić information content (AvgIpc) is 3.55. The fourth-order valence-electron chi connectivity index (χ4n) is 4.51. The second-order valence-corrected chi connectivity index (χ2v) is 9.52. The van der Waals surface area contributed by atoms with E-state index >= 15 is 0 Å². The van der Waals surface area contributed by atoms with Crippen LogP contribution in [-0.2, 0) is 20.9 Å². The zero-order valence-electron chi connectivity index (χ0n) is 18.3. The lowest BCUT2D eigenvalue weighted by molar-refractivity contribution is -0.159. The van der Waals surface area contributed by atoms with Gasteiger partial charge >= 0.3 is 5.97 Å². The predicted molar refractivity (Wildman–Crippen MR) is 121 cm³/mol. The van der Waals surface area contributed by atoms with E-state index in [1.54, 1.807) is 24.3 Å². The summed E-state index contributed by atoms with van der Waals surface area (Å²) in [7, 11) is 0. The normalized spacial score (nSPS) is 19.7. The van der Waals surface area contributed by atoms with Crippen LogP contribution in [0, 0.1) is 5.92 Å². The smallest absolute Gasteiger partial charge is 0.354 e. The van der Waals surface area contributed by atoms with Crippen molar-refractivity contribution in [3.05, 3.63) is 59.3 Å². The number of para-hydroxylation sites is 1. The fraction of sp³-hybridized carbons (Fsp3) is 0.333. The number of oxazole rings is 1. The molecular weight excluding hydrogens is 442 g/mol. The Hall–Kier alpha value is -3.46. The van der Waals surface area contributed by atoms with E-state index in [4.69, 9.17) is 9.15 Å². The SMILES string of the molecule is CC(C)CN1C(=O)c2ccccc2N2C(=O)CC[C@]12C(=O)OCc1coc(-c2cccs2)n1. The van der Waals surface area contributed by atoms with E-state index in [-0.39, 0.29) is 37.2 Å². The lowest BCUT2D eigenvalue weighted by Gasteiger charge is -2.48. The van der Waals surface area contributed by atoms with Gasteiger partial charge in [-0.2, -0.15) is 0 Å². The Bertz CT molecular complexity index is 1220. The number of anilines is 1. The number of hydrogen-bond donors (Lipinski definition) is 0. The van der Waals surface area contributed by atoms with Gasteiger partial charge in [0.2, 0.25) is 17.5 Å². The first-order chi connectivity index (χ1) is 15.9. The monoisotopic (exact) mass is 465 g/mol. The molecule has 1 saturated heterocycles. The van der Waals surface area contributed by atoms with E-state index in [1.807, 2.05) is 31.4 Å². The minimum absolute atomic E-state index is 0.0883. The number of nitrogens with zero attached hydrogens (tertiary/aromatic N) is 3. The Kier molecular flexibility index (Phi) is 5.28. The van der Waals surface area contributed by atoms with Crippen LogP contribution in [0.5, 0.6) is 0 Å². The molecule has 0 unspecified atom stereocenters. The average molecular weight is 466 g/mol. The molecule has 3 aromatic rings. The van der Waals surface area contributed by atoms with E-state index < -0.39 is 11.6 Å². The highest BCUT2D eigenvalue weighted by atomic mass is 32.1. The summed E-state index contributed by atoms with van der Waals surface area (Å²) in [5.41, 5.74) is -0.193. The summed E-state index contributed by atoms with van der Waals surface area (Å²) in [4.78, 5) is 48.3. The molecule has 2 aliphatic rings. The fourth-order valence-corrected chi connectivity index (χ4v) is 5.16. The maximum Gasteiger partial charge on any atom is 0.354 e. The van der Waals surface area contributed by atoms with E-state index in [0.29, 0.717) is 29.4 Å². The predicted octanol–water partition coefficient (Wildman–Crippen LogP) is 4.08. The van der Waals surface area contributed by atoms with Gasteiger partial charge in [0.05, 0.1) is 16.1 Å². The summed E-state index contributed by atoms with van der Waals surface area (Å²) in [6, 6.07) is 10.7. The topological polar surface area (TPSA) is 93.0 Å². The van der Waals surface area contributed by atoms with Gasteiger partial charge in [-0.25, -0.2) is 9.78 Å². The number of ether oxygens (including phenoxy) is 1. The molecule has 1 fully saturated rings. The zero-order chi connectivity index (χ0) is 23.2.